The van der Waals surface area contributed by atoms with Gasteiger partial charge in [-0.15, -0.1) is 0 Å². The molecule has 0 aromatic heterocycles. The minimum Gasteiger partial charge on any atom is -0.211 e. The lowest BCUT2D eigenvalue weighted by Gasteiger charge is -2.06. The Morgan fingerprint density at radius 1 is 1.38 bits per heavy atom. The summed E-state index contributed by atoms with van der Waals surface area (Å²) in [4.78, 5) is 13.5. The van der Waals surface area contributed by atoms with E-state index in [9.17, 15) is 4.79 Å². The number of nitrogens with zero attached hydrogens (tertiary/aromatic N) is 1. The molecule has 1 aromatic carbocycles. The Bertz CT molecular complexity index is 344. The number of halogens is 1. The maximum atomic E-state index is 9.97. The third-order valence-electron chi connectivity index (χ3n) is 1.96. The van der Waals surface area contributed by atoms with Crippen molar-refractivity contribution in [1.82, 2.24) is 0 Å². The van der Waals surface area contributed by atoms with Gasteiger partial charge in [-0.1, -0.05) is 15.9 Å². The van der Waals surface area contributed by atoms with Gasteiger partial charge in [0.05, 0.1) is 6.54 Å². The second-order valence-electron chi connectivity index (χ2n) is 2.93. The first-order valence-corrected chi connectivity index (χ1v) is 4.73. The molecule has 0 aliphatic heterocycles. The van der Waals surface area contributed by atoms with Crippen molar-refractivity contribution in [2.75, 3.05) is 0 Å². The standard InChI is InChI=1S/C10H10BrNO/c1-7-3-9(11)4-8(2)10(7)5-12-6-13/h3-4H,5H2,1-2H3. The fraction of sp³-hybridized carbons (Fsp3) is 0.300. The summed E-state index contributed by atoms with van der Waals surface area (Å²) in [6.07, 6.45) is 1.55. The molecule has 0 aliphatic carbocycles. The Morgan fingerprint density at radius 3 is 2.38 bits per heavy atom. The van der Waals surface area contributed by atoms with Crippen LogP contribution in [0.15, 0.2) is 21.6 Å². The molecule has 1 rings (SSSR count). The third-order valence-corrected chi connectivity index (χ3v) is 2.42. The molecule has 3 heteroatoms. The fourth-order valence-electron chi connectivity index (χ4n) is 1.30. The van der Waals surface area contributed by atoms with E-state index in [0.29, 0.717) is 6.54 Å². The van der Waals surface area contributed by atoms with Gasteiger partial charge in [0.1, 0.15) is 0 Å². The van der Waals surface area contributed by atoms with E-state index in [4.69, 9.17) is 0 Å². The van der Waals surface area contributed by atoms with E-state index in [-0.39, 0.29) is 0 Å². The van der Waals surface area contributed by atoms with Gasteiger partial charge in [0.15, 0.2) is 0 Å². The highest BCUT2D eigenvalue weighted by Gasteiger charge is 2.02. The van der Waals surface area contributed by atoms with Crippen molar-refractivity contribution in [2.45, 2.75) is 20.4 Å². The predicted octanol–water partition coefficient (Wildman–Crippen LogP) is 2.90. The van der Waals surface area contributed by atoms with Gasteiger partial charge in [0.2, 0.25) is 6.08 Å². The summed E-state index contributed by atoms with van der Waals surface area (Å²) in [5.74, 6) is 0. The van der Waals surface area contributed by atoms with E-state index < -0.39 is 0 Å². The summed E-state index contributed by atoms with van der Waals surface area (Å²) in [5, 5.41) is 0. The van der Waals surface area contributed by atoms with Gasteiger partial charge in [-0.05, 0) is 42.7 Å². The van der Waals surface area contributed by atoms with E-state index >= 15 is 0 Å². The highest BCUT2D eigenvalue weighted by molar-refractivity contribution is 9.10. The first-order valence-electron chi connectivity index (χ1n) is 3.94. The molecule has 68 valence electrons. The molecule has 0 saturated heterocycles. The number of carbonyl (C=O) groups excluding carboxylic acids is 1. The van der Waals surface area contributed by atoms with Gasteiger partial charge in [-0.25, -0.2) is 9.79 Å². The van der Waals surface area contributed by atoms with Crippen LogP contribution in [-0.2, 0) is 11.3 Å². The van der Waals surface area contributed by atoms with Gasteiger partial charge < -0.3 is 0 Å². The number of aryl methyl sites for hydroxylation is 2. The average Bonchev–Trinajstić information content (AvgIpc) is 2.02. The van der Waals surface area contributed by atoms with Gasteiger partial charge >= 0.3 is 0 Å². The Labute approximate surface area is 85.8 Å². The molecule has 0 N–H and O–H groups in total. The first-order chi connectivity index (χ1) is 6.15. The normalized spacial score (nSPS) is 9.46. The molecule has 0 heterocycles. The Hall–Kier alpha value is -0.920. The lowest BCUT2D eigenvalue weighted by atomic mass is 10.0. The molecule has 2 nitrogen and oxygen atoms in total. The minimum absolute atomic E-state index is 0.425. The van der Waals surface area contributed by atoms with Gasteiger partial charge in [0, 0.05) is 4.47 Å². The topological polar surface area (TPSA) is 29.4 Å². The molecule has 1 aromatic rings. The van der Waals surface area contributed by atoms with Crippen molar-refractivity contribution in [2.24, 2.45) is 4.99 Å². The van der Waals surface area contributed by atoms with E-state index in [0.717, 1.165) is 21.2 Å². The molecule has 0 fully saturated rings. The Morgan fingerprint density at radius 2 is 1.92 bits per heavy atom. The molecule has 0 spiro atoms. The fourth-order valence-corrected chi connectivity index (χ4v) is 1.99. The second kappa shape index (κ2) is 4.35. The van der Waals surface area contributed by atoms with Crippen LogP contribution in [0.3, 0.4) is 0 Å². The maximum Gasteiger partial charge on any atom is 0.235 e. The summed E-state index contributed by atoms with van der Waals surface area (Å²) in [7, 11) is 0. The van der Waals surface area contributed by atoms with E-state index in [2.05, 4.69) is 20.9 Å². The molecule has 0 unspecified atom stereocenters. The van der Waals surface area contributed by atoms with Crippen LogP contribution in [0.2, 0.25) is 0 Å². The van der Waals surface area contributed by atoms with Crippen LogP contribution in [0.4, 0.5) is 0 Å². The maximum absolute atomic E-state index is 9.97. The number of benzene rings is 1. The monoisotopic (exact) mass is 239 g/mol. The van der Waals surface area contributed by atoms with Crippen molar-refractivity contribution in [1.29, 1.82) is 0 Å². The lowest BCUT2D eigenvalue weighted by molar-refractivity contribution is 0.562. The minimum atomic E-state index is 0.425. The van der Waals surface area contributed by atoms with Crippen LogP contribution >= 0.6 is 15.9 Å². The molecule has 0 radical (unpaired) electrons. The number of hydrogen-bond acceptors (Lipinski definition) is 2. The zero-order valence-electron chi connectivity index (χ0n) is 7.60. The molecular formula is C10H10BrNO. The zero-order valence-corrected chi connectivity index (χ0v) is 9.18. The molecule has 13 heavy (non-hydrogen) atoms. The highest BCUT2D eigenvalue weighted by atomic mass is 79.9. The van der Waals surface area contributed by atoms with E-state index in [1.54, 1.807) is 6.08 Å². The number of isocyanates is 1. The van der Waals surface area contributed by atoms with Crippen molar-refractivity contribution < 1.29 is 4.79 Å². The molecular weight excluding hydrogens is 230 g/mol. The van der Waals surface area contributed by atoms with Gasteiger partial charge in [0.25, 0.3) is 0 Å². The average molecular weight is 240 g/mol. The molecule has 0 atom stereocenters. The summed E-state index contributed by atoms with van der Waals surface area (Å²) >= 11 is 3.41. The number of aliphatic imine (C=N–C) groups is 1. The van der Waals surface area contributed by atoms with Crippen LogP contribution in [0, 0.1) is 13.8 Å². The van der Waals surface area contributed by atoms with Crippen LogP contribution in [0.1, 0.15) is 16.7 Å². The van der Waals surface area contributed by atoms with Crippen LogP contribution in [-0.4, -0.2) is 6.08 Å². The van der Waals surface area contributed by atoms with E-state index in [1.807, 2.05) is 26.0 Å². The largest absolute Gasteiger partial charge is 0.235 e. The van der Waals surface area contributed by atoms with Crippen molar-refractivity contribution in [3.05, 3.63) is 33.3 Å². The van der Waals surface area contributed by atoms with Crippen LogP contribution in [0.5, 0.6) is 0 Å². The number of hydrogen-bond donors (Lipinski definition) is 0. The van der Waals surface area contributed by atoms with Crippen molar-refractivity contribution >= 4 is 22.0 Å². The molecule has 0 saturated carbocycles. The zero-order chi connectivity index (χ0) is 9.84. The smallest absolute Gasteiger partial charge is 0.211 e. The molecule has 0 bridgehead atoms. The highest BCUT2D eigenvalue weighted by Crippen LogP contribution is 2.20. The number of rotatable bonds is 2. The predicted molar refractivity (Wildman–Crippen MR) is 55.4 cm³/mol. The quantitative estimate of drug-likeness (QED) is 0.577. The molecule has 0 aliphatic rings. The summed E-state index contributed by atoms with van der Waals surface area (Å²) in [6.45, 7) is 4.44. The Balaban J connectivity index is 3.12. The SMILES string of the molecule is Cc1cc(Br)cc(C)c1CN=C=O. The third kappa shape index (κ3) is 2.51. The first kappa shape index (κ1) is 10.2. The second-order valence-corrected chi connectivity index (χ2v) is 3.84. The van der Waals surface area contributed by atoms with Crippen molar-refractivity contribution in [3.8, 4) is 0 Å². The van der Waals surface area contributed by atoms with Crippen molar-refractivity contribution in [3.63, 3.8) is 0 Å². The summed E-state index contributed by atoms with van der Waals surface area (Å²) in [6, 6.07) is 4.03. The summed E-state index contributed by atoms with van der Waals surface area (Å²) < 4.78 is 1.06. The molecule has 0 amide bonds. The lowest BCUT2D eigenvalue weighted by Crippen LogP contribution is -1.92. The Kier molecular flexibility index (Phi) is 3.40. The summed E-state index contributed by atoms with van der Waals surface area (Å²) in [5.41, 5.74) is 3.39. The van der Waals surface area contributed by atoms with Gasteiger partial charge in [-0.2, -0.15) is 0 Å². The van der Waals surface area contributed by atoms with Crippen LogP contribution in [0.25, 0.3) is 0 Å². The van der Waals surface area contributed by atoms with Gasteiger partial charge in [-0.3, -0.25) is 0 Å². The van der Waals surface area contributed by atoms with E-state index in [1.165, 1.54) is 0 Å². The van der Waals surface area contributed by atoms with Crippen LogP contribution < -0.4 is 0 Å².